The lowest BCUT2D eigenvalue weighted by atomic mass is 10.2. The third-order valence-corrected chi connectivity index (χ3v) is 2.67. The van der Waals surface area contributed by atoms with Gasteiger partial charge < -0.3 is 10.1 Å². The van der Waals surface area contributed by atoms with Gasteiger partial charge in [0.2, 0.25) is 0 Å². The Labute approximate surface area is 113 Å². The molecule has 1 atom stereocenters. The van der Waals surface area contributed by atoms with Crippen molar-refractivity contribution in [2.24, 2.45) is 0 Å². The van der Waals surface area contributed by atoms with E-state index in [4.69, 9.17) is 4.74 Å². The maximum absolute atomic E-state index is 11.9. The molecule has 0 radical (unpaired) electrons. The number of hydrogen-bond acceptors (Lipinski definition) is 2. The standard InChI is InChI=1S/C12H15BrF3NO/c1-9(6-17-8-12(14,15)16)18-7-10-3-2-4-11(13)5-10/h2-5,9,17H,6-8H2,1H3. The lowest BCUT2D eigenvalue weighted by Crippen LogP contribution is -2.34. The van der Waals surface area contributed by atoms with Gasteiger partial charge in [-0.1, -0.05) is 28.1 Å². The van der Waals surface area contributed by atoms with Crippen molar-refractivity contribution in [3.63, 3.8) is 0 Å². The van der Waals surface area contributed by atoms with Crippen LogP contribution in [0.3, 0.4) is 0 Å². The fourth-order valence-electron chi connectivity index (χ4n) is 1.34. The van der Waals surface area contributed by atoms with Crippen LogP contribution in [-0.2, 0) is 11.3 Å². The third-order valence-electron chi connectivity index (χ3n) is 2.18. The van der Waals surface area contributed by atoms with Crippen molar-refractivity contribution in [3.8, 4) is 0 Å². The Morgan fingerprint density at radius 3 is 2.72 bits per heavy atom. The topological polar surface area (TPSA) is 21.3 Å². The molecule has 1 aromatic rings. The van der Waals surface area contributed by atoms with E-state index in [1.165, 1.54) is 0 Å². The maximum Gasteiger partial charge on any atom is 0.401 e. The second kappa shape index (κ2) is 7.11. The summed E-state index contributed by atoms with van der Waals surface area (Å²) in [5.41, 5.74) is 0.979. The Bertz CT molecular complexity index is 371. The summed E-state index contributed by atoms with van der Waals surface area (Å²) in [7, 11) is 0. The SMILES string of the molecule is CC(CNCC(F)(F)F)OCc1cccc(Br)c1. The van der Waals surface area contributed by atoms with Crippen molar-refractivity contribution in [2.45, 2.75) is 25.8 Å². The molecule has 1 unspecified atom stereocenters. The molecule has 0 amide bonds. The monoisotopic (exact) mass is 325 g/mol. The molecule has 0 heterocycles. The molecular weight excluding hydrogens is 311 g/mol. The summed E-state index contributed by atoms with van der Waals surface area (Å²) in [6.45, 7) is 1.31. The van der Waals surface area contributed by atoms with Crippen molar-refractivity contribution in [1.82, 2.24) is 5.32 Å². The van der Waals surface area contributed by atoms with Gasteiger partial charge in [0.1, 0.15) is 0 Å². The van der Waals surface area contributed by atoms with E-state index in [2.05, 4.69) is 21.2 Å². The van der Waals surface area contributed by atoms with Gasteiger partial charge in [-0.25, -0.2) is 0 Å². The Kier molecular flexibility index (Phi) is 6.11. The lowest BCUT2D eigenvalue weighted by Gasteiger charge is -2.15. The first-order valence-electron chi connectivity index (χ1n) is 5.50. The van der Waals surface area contributed by atoms with Crippen molar-refractivity contribution < 1.29 is 17.9 Å². The van der Waals surface area contributed by atoms with Gasteiger partial charge in [-0.15, -0.1) is 0 Å². The number of hydrogen-bond donors (Lipinski definition) is 1. The van der Waals surface area contributed by atoms with E-state index >= 15 is 0 Å². The van der Waals surface area contributed by atoms with Gasteiger partial charge in [-0.3, -0.25) is 0 Å². The molecule has 0 saturated carbocycles. The Balaban J connectivity index is 2.23. The van der Waals surface area contributed by atoms with Gasteiger partial charge in [-0.2, -0.15) is 13.2 Å². The van der Waals surface area contributed by atoms with Crippen LogP contribution in [-0.4, -0.2) is 25.4 Å². The molecule has 0 aliphatic heterocycles. The van der Waals surface area contributed by atoms with E-state index in [1.54, 1.807) is 6.92 Å². The average molecular weight is 326 g/mol. The molecule has 1 aromatic carbocycles. The largest absolute Gasteiger partial charge is 0.401 e. The summed E-state index contributed by atoms with van der Waals surface area (Å²) in [6.07, 6.45) is -4.45. The van der Waals surface area contributed by atoms with E-state index in [9.17, 15) is 13.2 Å². The second-order valence-electron chi connectivity index (χ2n) is 4.00. The molecule has 1 N–H and O–H groups in total. The van der Waals surface area contributed by atoms with Crippen LogP contribution in [0.1, 0.15) is 12.5 Å². The highest BCUT2D eigenvalue weighted by atomic mass is 79.9. The van der Waals surface area contributed by atoms with Crippen LogP contribution in [0.2, 0.25) is 0 Å². The fourth-order valence-corrected chi connectivity index (χ4v) is 1.79. The number of halogens is 4. The fraction of sp³-hybridized carbons (Fsp3) is 0.500. The Morgan fingerprint density at radius 2 is 2.11 bits per heavy atom. The van der Waals surface area contributed by atoms with Crippen LogP contribution in [0.4, 0.5) is 13.2 Å². The smallest absolute Gasteiger partial charge is 0.373 e. The van der Waals surface area contributed by atoms with Crippen LogP contribution >= 0.6 is 15.9 Å². The molecule has 102 valence electrons. The minimum atomic E-state index is -4.18. The highest BCUT2D eigenvalue weighted by Crippen LogP contribution is 2.14. The van der Waals surface area contributed by atoms with Gasteiger partial charge in [0.05, 0.1) is 19.3 Å². The van der Waals surface area contributed by atoms with Gasteiger partial charge in [-0.05, 0) is 24.6 Å². The van der Waals surface area contributed by atoms with Crippen molar-refractivity contribution in [3.05, 3.63) is 34.3 Å². The molecule has 6 heteroatoms. The van der Waals surface area contributed by atoms with Crippen LogP contribution in [0.25, 0.3) is 0 Å². The zero-order chi connectivity index (χ0) is 13.6. The summed E-state index contributed by atoms with van der Waals surface area (Å²) >= 11 is 3.34. The molecule has 0 saturated heterocycles. The van der Waals surface area contributed by atoms with Crippen molar-refractivity contribution in [1.29, 1.82) is 0 Å². The Morgan fingerprint density at radius 1 is 1.39 bits per heavy atom. The maximum atomic E-state index is 11.9. The predicted octanol–water partition coefficient (Wildman–Crippen LogP) is 3.51. The average Bonchev–Trinajstić information content (AvgIpc) is 2.25. The summed E-state index contributed by atoms with van der Waals surface area (Å²) in [5, 5.41) is 2.31. The molecule has 0 fully saturated rings. The molecule has 2 nitrogen and oxygen atoms in total. The normalized spacial score (nSPS) is 13.6. The first kappa shape index (κ1) is 15.5. The first-order valence-corrected chi connectivity index (χ1v) is 6.29. The van der Waals surface area contributed by atoms with Crippen LogP contribution < -0.4 is 5.32 Å². The van der Waals surface area contributed by atoms with E-state index in [1.807, 2.05) is 24.3 Å². The number of benzene rings is 1. The molecule has 0 bridgehead atoms. The lowest BCUT2D eigenvalue weighted by molar-refractivity contribution is -0.125. The van der Waals surface area contributed by atoms with Crippen molar-refractivity contribution >= 4 is 15.9 Å². The third kappa shape index (κ3) is 6.98. The van der Waals surface area contributed by atoms with E-state index in [0.717, 1.165) is 10.0 Å². The summed E-state index contributed by atoms with van der Waals surface area (Å²) < 4.78 is 42.1. The van der Waals surface area contributed by atoms with Gasteiger partial charge in [0.15, 0.2) is 0 Å². The van der Waals surface area contributed by atoms with Gasteiger partial charge in [0, 0.05) is 11.0 Å². The minimum absolute atomic E-state index is 0.174. The molecule has 0 aliphatic carbocycles. The van der Waals surface area contributed by atoms with Gasteiger partial charge >= 0.3 is 6.18 Å². The molecule has 18 heavy (non-hydrogen) atoms. The molecule has 0 spiro atoms. The molecule has 1 rings (SSSR count). The number of nitrogens with one attached hydrogen (secondary N) is 1. The van der Waals surface area contributed by atoms with E-state index in [0.29, 0.717) is 6.61 Å². The zero-order valence-corrected chi connectivity index (χ0v) is 11.5. The predicted molar refractivity (Wildman–Crippen MR) is 67.3 cm³/mol. The van der Waals surface area contributed by atoms with Crippen LogP contribution in [0.15, 0.2) is 28.7 Å². The Hall–Kier alpha value is -0.590. The molecular formula is C12H15BrF3NO. The minimum Gasteiger partial charge on any atom is -0.373 e. The van der Waals surface area contributed by atoms with Gasteiger partial charge in [0.25, 0.3) is 0 Å². The second-order valence-corrected chi connectivity index (χ2v) is 4.91. The number of alkyl halides is 3. The first-order chi connectivity index (χ1) is 8.37. The van der Waals surface area contributed by atoms with E-state index < -0.39 is 12.7 Å². The number of ether oxygens (including phenoxy) is 1. The van der Waals surface area contributed by atoms with Crippen LogP contribution in [0, 0.1) is 0 Å². The summed E-state index contributed by atoms with van der Waals surface area (Å²) in [6, 6.07) is 7.60. The quantitative estimate of drug-likeness (QED) is 0.864. The summed E-state index contributed by atoms with van der Waals surface area (Å²) in [5.74, 6) is 0. The molecule has 0 aromatic heterocycles. The zero-order valence-electron chi connectivity index (χ0n) is 9.93. The van der Waals surface area contributed by atoms with Crippen molar-refractivity contribution in [2.75, 3.05) is 13.1 Å². The highest BCUT2D eigenvalue weighted by molar-refractivity contribution is 9.10. The molecule has 0 aliphatic rings. The highest BCUT2D eigenvalue weighted by Gasteiger charge is 2.26. The van der Waals surface area contributed by atoms with Crippen LogP contribution in [0.5, 0.6) is 0 Å². The summed E-state index contributed by atoms with van der Waals surface area (Å²) in [4.78, 5) is 0. The van der Waals surface area contributed by atoms with E-state index in [-0.39, 0.29) is 12.6 Å². The number of rotatable bonds is 6.